The summed E-state index contributed by atoms with van der Waals surface area (Å²) < 4.78 is 1.83. The molecule has 6 heteroatoms. The third-order valence-electron chi connectivity index (χ3n) is 1.94. The van der Waals surface area contributed by atoms with E-state index in [-0.39, 0.29) is 0 Å². The average molecular weight is 338 g/mol. The Morgan fingerprint density at radius 1 is 1.43 bits per heavy atom. The van der Waals surface area contributed by atoms with Crippen LogP contribution in [0.25, 0.3) is 10.1 Å². The Morgan fingerprint density at radius 3 is 2.79 bits per heavy atom. The molecule has 2 rings (SSSR count). The van der Waals surface area contributed by atoms with Crippen LogP contribution < -0.4 is 5.46 Å². The molecule has 14 heavy (non-hydrogen) atoms. The van der Waals surface area contributed by atoms with Crippen LogP contribution in [0.1, 0.15) is 0 Å². The molecule has 1 heterocycles. The summed E-state index contributed by atoms with van der Waals surface area (Å²) in [7, 11) is -1.52. The highest BCUT2D eigenvalue weighted by Gasteiger charge is 2.21. The van der Waals surface area contributed by atoms with Gasteiger partial charge in [-0.1, -0.05) is 11.6 Å². The Bertz CT molecular complexity index is 485. The summed E-state index contributed by atoms with van der Waals surface area (Å²) in [5.74, 6) is 0. The first-order chi connectivity index (χ1) is 6.61. The molecular weight excluding hydrogens is 333 g/mol. The van der Waals surface area contributed by atoms with Crippen molar-refractivity contribution >= 4 is 68.2 Å². The number of benzene rings is 1. The van der Waals surface area contributed by atoms with Crippen LogP contribution in [0.2, 0.25) is 5.02 Å². The third-order valence-corrected chi connectivity index (χ3v) is 4.10. The smallest absolute Gasteiger partial charge is 0.423 e. The lowest BCUT2D eigenvalue weighted by Crippen LogP contribution is -2.33. The van der Waals surface area contributed by atoms with Crippen molar-refractivity contribution in [3.8, 4) is 0 Å². The monoisotopic (exact) mass is 338 g/mol. The molecule has 2 nitrogen and oxygen atoms in total. The molecule has 0 saturated carbocycles. The first-order valence-electron chi connectivity index (χ1n) is 3.82. The van der Waals surface area contributed by atoms with Gasteiger partial charge in [0.15, 0.2) is 0 Å². The first-order valence-corrected chi connectivity index (χ1v) is 6.16. The van der Waals surface area contributed by atoms with Crippen LogP contribution in [0, 0.1) is 3.57 Å². The lowest BCUT2D eigenvalue weighted by atomic mass is 9.80. The molecule has 0 unspecified atom stereocenters. The van der Waals surface area contributed by atoms with Gasteiger partial charge in [0.2, 0.25) is 0 Å². The van der Waals surface area contributed by atoms with Crippen molar-refractivity contribution < 1.29 is 10.0 Å². The van der Waals surface area contributed by atoms with E-state index in [4.69, 9.17) is 21.6 Å². The number of rotatable bonds is 1. The van der Waals surface area contributed by atoms with Gasteiger partial charge in [-0.3, -0.25) is 0 Å². The van der Waals surface area contributed by atoms with E-state index >= 15 is 0 Å². The predicted octanol–water partition coefficient (Wildman–Crippen LogP) is 1.84. The molecule has 1 aromatic heterocycles. The van der Waals surface area contributed by atoms with E-state index < -0.39 is 7.12 Å². The summed E-state index contributed by atoms with van der Waals surface area (Å²) >= 11 is 9.70. The molecule has 0 aliphatic heterocycles. The summed E-state index contributed by atoms with van der Waals surface area (Å²) in [6.45, 7) is 0. The SMILES string of the molecule is OB(O)c1c(I)cc2sccc2c1Cl. The molecule has 2 N–H and O–H groups in total. The fourth-order valence-electron chi connectivity index (χ4n) is 1.29. The maximum Gasteiger partial charge on any atom is 0.491 e. The van der Waals surface area contributed by atoms with Crippen molar-refractivity contribution in [2.75, 3.05) is 0 Å². The van der Waals surface area contributed by atoms with Crippen molar-refractivity contribution in [2.24, 2.45) is 0 Å². The van der Waals surface area contributed by atoms with Crippen LogP contribution >= 0.6 is 45.5 Å². The Morgan fingerprint density at radius 2 is 2.14 bits per heavy atom. The standard InChI is InChI=1S/C8H5BClIO2S/c10-8-4-1-2-14-6(4)3-5(11)7(8)9(12)13/h1-3,12-13H. The van der Waals surface area contributed by atoms with Gasteiger partial charge < -0.3 is 10.0 Å². The minimum absolute atomic E-state index is 0.387. The predicted molar refractivity (Wildman–Crippen MR) is 69.4 cm³/mol. The second-order valence-corrected chi connectivity index (χ2v) is 5.28. The van der Waals surface area contributed by atoms with Crippen LogP contribution in [0.3, 0.4) is 0 Å². The molecule has 0 fully saturated rings. The van der Waals surface area contributed by atoms with Crippen molar-refractivity contribution in [3.05, 3.63) is 26.1 Å². The Hall–Kier alpha value is 0.185. The average Bonchev–Trinajstić information content (AvgIpc) is 2.50. The van der Waals surface area contributed by atoms with Crippen molar-refractivity contribution in [2.45, 2.75) is 0 Å². The van der Waals surface area contributed by atoms with Gasteiger partial charge in [0.1, 0.15) is 0 Å². The summed E-state index contributed by atoms with van der Waals surface area (Å²) in [4.78, 5) is 0. The van der Waals surface area contributed by atoms with Gasteiger partial charge >= 0.3 is 7.12 Å². The van der Waals surface area contributed by atoms with Crippen LogP contribution in [-0.2, 0) is 0 Å². The van der Waals surface area contributed by atoms with Crippen molar-refractivity contribution in [1.82, 2.24) is 0 Å². The van der Waals surface area contributed by atoms with E-state index in [1.807, 2.05) is 40.1 Å². The zero-order chi connectivity index (χ0) is 10.3. The molecule has 0 saturated heterocycles. The van der Waals surface area contributed by atoms with Gasteiger partial charge in [0, 0.05) is 19.1 Å². The molecule has 0 spiro atoms. The van der Waals surface area contributed by atoms with E-state index in [0.717, 1.165) is 13.7 Å². The quantitative estimate of drug-likeness (QED) is 0.615. The summed E-state index contributed by atoms with van der Waals surface area (Å²) in [5.41, 5.74) is 0.387. The molecular formula is C8H5BClIO2S. The van der Waals surface area contributed by atoms with Gasteiger partial charge in [-0.05, 0) is 40.1 Å². The summed E-state index contributed by atoms with van der Waals surface area (Å²) in [6.07, 6.45) is 0. The topological polar surface area (TPSA) is 40.5 Å². The highest BCUT2D eigenvalue weighted by atomic mass is 127. The summed E-state index contributed by atoms with van der Waals surface area (Å²) in [5, 5.41) is 21.5. The maximum atomic E-state index is 9.15. The minimum atomic E-state index is -1.52. The molecule has 0 aliphatic rings. The van der Waals surface area contributed by atoms with E-state index in [1.165, 1.54) is 0 Å². The van der Waals surface area contributed by atoms with E-state index in [0.29, 0.717) is 10.5 Å². The second kappa shape index (κ2) is 3.98. The highest BCUT2D eigenvalue weighted by molar-refractivity contribution is 14.1. The molecule has 1 aromatic carbocycles. The maximum absolute atomic E-state index is 9.15. The number of hydrogen-bond donors (Lipinski definition) is 2. The number of hydrogen-bond acceptors (Lipinski definition) is 3. The zero-order valence-corrected chi connectivity index (χ0v) is 10.6. The van der Waals surface area contributed by atoms with E-state index in [2.05, 4.69) is 0 Å². The van der Waals surface area contributed by atoms with Crippen molar-refractivity contribution in [1.29, 1.82) is 0 Å². The number of thiophene rings is 1. The molecule has 0 amide bonds. The fourth-order valence-corrected chi connectivity index (χ4v) is 3.78. The van der Waals surface area contributed by atoms with Crippen LogP contribution in [0.15, 0.2) is 17.5 Å². The first kappa shape index (κ1) is 10.7. The molecule has 0 atom stereocenters. The van der Waals surface area contributed by atoms with Gasteiger partial charge in [-0.25, -0.2) is 0 Å². The lowest BCUT2D eigenvalue weighted by Gasteiger charge is -2.06. The van der Waals surface area contributed by atoms with Gasteiger partial charge in [-0.2, -0.15) is 0 Å². The number of fused-ring (bicyclic) bond motifs is 1. The Kier molecular flexibility index (Phi) is 3.04. The van der Waals surface area contributed by atoms with Gasteiger partial charge in [0.05, 0.1) is 5.02 Å². The highest BCUT2D eigenvalue weighted by Crippen LogP contribution is 2.28. The summed E-state index contributed by atoms with van der Waals surface area (Å²) in [6, 6.07) is 3.78. The van der Waals surface area contributed by atoms with Crippen molar-refractivity contribution in [3.63, 3.8) is 0 Å². The molecule has 0 bridgehead atoms. The lowest BCUT2D eigenvalue weighted by molar-refractivity contribution is 0.425. The van der Waals surface area contributed by atoms with E-state index in [1.54, 1.807) is 11.3 Å². The Labute approximate surface area is 104 Å². The Balaban J connectivity index is 2.82. The molecule has 72 valence electrons. The molecule has 0 aliphatic carbocycles. The normalized spacial score (nSPS) is 10.9. The fraction of sp³-hybridized carbons (Fsp3) is 0. The van der Waals surface area contributed by atoms with Crippen LogP contribution in [-0.4, -0.2) is 17.2 Å². The van der Waals surface area contributed by atoms with Gasteiger partial charge in [-0.15, -0.1) is 11.3 Å². The molecule has 0 radical (unpaired) electrons. The number of halogens is 2. The molecule has 2 aromatic rings. The third kappa shape index (κ3) is 1.67. The second-order valence-electron chi connectivity index (χ2n) is 2.79. The van der Waals surface area contributed by atoms with Crippen LogP contribution in [0.5, 0.6) is 0 Å². The zero-order valence-electron chi connectivity index (χ0n) is 6.87. The van der Waals surface area contributed by atoms with E-state index in [9.17, 15) is 0 Å². The van der Waals surface area contributed by atoms with Crippen LogP contribution in [0.4, 0.5) is 0 Å². The minimum Gasteiger partial charge on any atom is -0.423 e. The van der Waals surface area contributed by atoms with Gasteiger partial charge in [0.25, 0.3) is 0 Å². The largest absolute Gasteiger partial charge is 0.491 e.